The second-order valence-corrected chi connectivity index (χ2v) is 9.43. The molecule has 0 spiro atoms. The van der Waals surface area contributed by atoms with Crippen molar-refractivity contribution in [3.8, 4) is 11.5 Å². The van der Waals surface area contributed by atoms with Gasteiger partial charge in [-0.25, -0.2) is 23.9 Å². The lowest BCUT2D eigenvalue weighted by Crippen LogP contribution is -2.37. The lowest BCUT2D eigenvalue weighted by atomic mass is 9.79. The van der Waals surface area contributed by atoms with Crippen molar-refractivity contribution >= 4 is 17.4 Å². The maximum atomic E-state index is 13.6. The molecule has 39 heavy (non-hydrogen) atoms. The van der Waals surface area contributed by atoms with Gasteiger partial charge in [0, 0.05) is 6.42 Å². The van der Waals surface area contributed by atoms with Crippen molar-refractivity contribution < 1.29 is 31.1 Å². The quantitative estimate of drug-likeness (QED) is 0.351. The highest BCUT2D eigenvalue weighted by atomic mass is 19.4. The van der Waals surface area contributed by atoms with Crippen LogP contribution in [-0.2, 0) is 23.1 Å². The fraction of sp³-hybridized carbons (Fsp3) is 0.333. The van der Waals surface area contributed by atoms with E-state index in [0.717, 1.165) is 4.52 Å². The molecular weight excluding hydrogens is 532 g/mol. The van der Waals surface area contributed by atoms with Crippen LogP contribution in [0, 0.1) is 12.7 Å². The van der Waals surface area contributed by atoms with Crippen molar-refractivity contribution in [1.82, 2.24) is 29.5 Å². The van der Waals surface area contributed by atoms with Crippen LogP contribution in [0.5, 0.6) is 0 Å². The Kier molecular flexibility index (Phi) is 5.99. The van der Waals surface area contributed by atoms with E-state index in [2.05, 4.69) is 30.4 Å². The minimum Gasteiger partial charge on any atom is -0.309 e. The van der Waals surface area contributed by atoms with Crippen molar-refractivity contribution in [3.05, 3.63) is 69.3 Å². The van der Waals surface area contributed by atoms with Gasteiger partial charge in [0.15, 0.2) is 11.5 Å². The number of amides is 1. The van der Waals surface area contributed by atoms with Gasteiger partial charge in [0.1, 0.15) is 23.2 Å². The number of hydrogen-bond donors (Lipinski definition) is 2. The van der Waals surface area contributed by atoms with Gasteiger partial charge in [-0.15, -0.1) is 0 Å². The largest absolute Gasteiger partial charge is 0.453 e. The van der Waals surface area contributed by atoms with E-state index in [9.17, 15) is 35.9 Å². The van der Waals surface area contributed by atoms with Crippen LogP contribution < -0.4 is 10.9 Å². The topological polar surface area (TPSA) is 118 Å². The number of benzene rings is 1. The van der Waals surface area contributed by atoms with Crippen molar-refractivity contribution in [3.63, 3.8) is 0 Å². The van der Waals surface area contributed by atoms with Crippen LogP contribution in [-0.4, -0.2) is 47.6 Å². The molecule has 1 amide bonds. The van der Waals surface area contributed by atoms with Gasteiger partial charge in [-0.3, -0.25) is 9.59 Å². The summed E-state index contributed by atoms with van der Waals surface area (Å²) in [5.74, 6) is -5.98. The summed E-state index contributed by atoms with van der Waals surface area (Å²) in [6.07, 6.45) is -6.78. The van der Waals surface area contributed by atoms with E-state index in [0.29, 0.717) is 5.56 Å². The van der Waals surface area contributed by atoms with Crippen LogP contribution in [0.1, 0.15) is 36.0 Å². The molecule has 1 atom stereocenters. The maximum absolute atomic E-state index is 13.6. The van der Waals surface area contributed by atoms with Gasteiger partial charge in [-0.1, -0.05) is 12.1 Å². The molecule has 1 aliphatic rings. The summed E-state index contributed by atoms with van der Waals surface area (Å²) in [4.78, 5) is 41.2. The first-order chi connectivity index (χ1) is 18.2. The monoisotopic (exact) mass is 551 g/mol. The summed E-state index contributed by atoms with van der Waals surface area (Å²) in [6, 6.07) is 5.44. The molecule has 1 aliphatic heterocycles. The molecule has 0 radical (unpaired) electrons. The SMILES string of the molecule is Cc1nc2c(CCC(F)(F)C(F)(F)F)nc(-c3nc4c(c(=O)[nH]3)[C@](C)(Cc3ccc(F)cc3)C(=O)N4)cn2n1. The predicted molar refractivity (Wildman–Crippen MR) is 125 cm³/mol. The van der Waals surface area contributed by atoms with Crippen molar-refractivity contribution in [2.75, 3.05) is 5.32 Å². The highest BCUT2D eigenvalue weighted by Gasteiger charge is 2.56. The van der Waals surface area contributed by atoms with Crippen LogP contribution in [0.15, 0.2) is 35.3 Å². The Hall–Kier alpha value is -4.30. The second kappa shape index (κ2) is 8.88. The summed E-state index contributed by atoms with van der Waals surface area (Å²) in [6.45, 7) is 3.03. The lowest BCUT2D eigenvalue weighted by Gasteiger charge is -2.21. The molecule has 0 aliphatic carbocycles. The van der Waals surface area contributed by atoms with E-state index in [4.69, 9.17) is 0 Å². The zero-order valence-corrected chi connectivity index (χ0v) is 20.3. The number of aromatic nitrogens is 6. The number of carbonyl (C=O) groups excluding carboxylic acids is 1. The Morgan fingerprint density at radius 1 is 1.03 bits per heavy atom. The third kappa shape index (κ3) is 4.61. The summed E-state index contributed by atoms with van der Waals surface area (Å²) in [7, 11) is 0. The van der Waals surface area contributed by atoms with Crippen molar-refractivity contribution in [2.24, 2.45) is 0 Å². The number of aromatic amines is 1. The molecule has 3 aromatic heterocycles. The first-order valence-electron chi connectivity index (χ1n) is 11.6. The Labute approximate surface area is 215 Å². The minimum atomic E-state index is -5.74. The summed E-state index contributed by atoms with van der Waals surface area (Å²) >= 11 is 0. The van der Waals surface area contributed by atoms with Gasteiger partial charge >= 0.3 is 12.1 Å². The zero-order valence-electron chi connectivity index (χ0n) is 20.3. The number of anilines is 1. The smallest absolute Gasteiger partial charge is 0.309 e. The van der Waals surface area contributed by atoms with E-state index in [1.807, 2.05) is 0 Å². The number of rotatable bonds is 6. The second-order valence-electron chi connectivity index (χ2n) is 9.43. The molecule has 9 nitrogen and oxygen atoms in total. The highest BCUT2D eigenvalue weighted by Crippen LogP contribution is 2.39. The Bertz CT molecular complexity index is 1660. The molecule has 5 rings (SSSR count). The average Bonchev–Trinajstić information content (AvgIpc) is 3.34. The summed E-state index contributed by atoms with van der Waals surface area (Å²) in [5, 5.41) is 6.63. The molecular formula is C24H19F6N7O2. The van der Waals surface area contributed by atoms with Crippen LogP contribution >= 0.6 is 0 Å². The van der Waals surface area contributed by atoms with Gasteiger partial charge in [-0.2, -0.15) is 27.1 Å². The number of carbonyl (C=O) groups is 1. The lowest BCUT2D eigenvalue weighted by molar-refractivity contribution is -0.284. The molecule has 0 saturated heterocycles. The number of H-pyrrole nitrogens is 1. The van der Waals surface area contributed by atoms with Crippen LogP contribution in [0.3, 0.4) is 0 Å². The van der Waals surface area contributed by atoms with Crippen LogP contribution in [0.4, 0.5) is 32.2 Å². The fourth-order valence-corrected chi connectivity index (χ4v) is 4.49. The molecule has 204 valence electrons. The number of nitrogens with one attached hydrogen (secondary N) is 2. The molecule has 0 fully saturated rings. The van der Waals surface area contributed by atoms with E-state index in [1.54, 1.807) is 0 Å². The molecule has 0 bridgehead atoms. The van der Waals surface area contributed by atoms with Gasteiger partial charge in [0.2, 0.25) is 5.91 Å². The maximum Gasteiger partial charge on any atom is 0.453 e. The number of aryl methyl sites for hydroxylation is 2. The molecule has 0 saturated carbocycles. The number of hydrogen-bond acceptors (Lipinski definition) is 6. The van der Waals surface area contributed by atoms with Gasteiger partial charge in [0.05, 0.1) is 22.9 Å². The molecule has 0 unspecified atom stereocenters. The highest BCUT2D eigenvalue weighted by molar-refractivity contribution is 6.05. The Morgan fingerprint density at radius 2 is 1.72 bits per heavy atom. The van der Waals surface area contributed by atoms with E-state index < -0.39 is 47.6 Å². The molecule has 4 aromatic rings. The molecule has 1 aromatic carbocycles. The van der Waals surface area contributed by atoms with E-state index in [1.165, 1.54) is 44.3 Å². The first kappa shape index (κ1) is 26.3. The summed E-state index contributed by atoms with van der Waals surface area (Å²) in [5.41, 5.74) is -1.76. The third-order valence-electron chi connectivity index (χ3n) is 6.50. The predicted octanol–water partition coefficient (Wildman–Crippen LogP) is 3.90. The van der Waals surface area contributed by atoms with E-state index in [-0.39, 0.29) is 46.5 Å². The van der Waals surface area contributed by atoms with Crippen molar-refractivity contribution in [2.45, 2.75) is 50.6 Å². The number of nitrogens with zero attached hydrogens (tertiary/aromatic N) is 5. The van der Waals surface area contributed by atoms with Gasteiger partial charge < -0.3 is 10.3 Å². The molecule has 4 heterocycles. The number of fused-ring (bicyclic) bond motifs is 2. The van der Waals surface area contributed by atoms with Gasteiger partial charge in [-0.05, 0) is 44.4 Å². The summed E-state index contributed by atoms with van der Waals surface area (Å²) < 4.78 is 79.8. The number of alkyl halides is 5. The van der Waals surface area contributed by atoms with E-state index >= 15 is 0 Å². The standard InChI is InChI=1S/C24H19F6N7O2/c1-11-31-19-14(7-8-23(26,27)24(28,29)30)32-15(10-37(19)36-11)17-33-18-16(20(38)34-17)22(2,21(39)35-18)9-12-3-5-13(25)6-4-12/h3-6,10H,7-9H2,1-2H3,(H2,33,34,35,38,39)/t22-/m0/s1. The van der Waals surface area contributed by atoms with Crippen LogP contribution in [0.2, 0.25) is 0 Å². The fourth-order valence-electron chi connectivity index (χ4n) is 4.49. The third-order valence-corrected chi connectivity index (χ3v) is 6.50. The van der Waals surface area contributed by atoms with Crippen LogP contribution in [0.25, 0.3) is 17.2 Å². The zero-order chi connectivity index (χ0) is 28.3. The first-order valence-corrected chi connectivity index (χ1v) is 11.6. The Balaban J connectivity index is 1.54. The molecule has 15 heteroatoms. The van der Waals surface area contributed by atoms with Crippen molar-refractivity contribution in [1.29, 1.82) is 0 Å². The number of halogens is 6. The normalized spacial score (nSPS) is 17.5. The van der Waals surface area contributed by atoms with Gasteiger partial charge in [0.25, 0.3) is 5.56 Å². The Morgan fingerprint density at radius 3 is 2.38 bits per heavy atom. The minimum absolute atomic E-state index is 0.0297. The molecule has 2 N–H and O–H groups in total. The average molecular weight is 551 g/mol.